The predicted octanol–water partition coefficient (Wildman–Crippen LogP) is 3.73. The van der Waals surface area contributed by atoms with Crippen molar-refractivity contribution >= 4 is 0 Å². The predicted molar refractivity (Wildman–Crippen MR) is 76.5 cm³/mol. The van der Waals surface area contributed by atoms with Crippen LogP contribution < -0.4 is 5.73 Å². The molecule has 0 bridgehead atoms. The molecule has 0 amide bonds. The van der Waals surface area contributed by atoms with Crippen LogP contribution in [0.2, 0.25) is 0 Å². The van der Waals surface area contributed by atoms with Gasteiger partial charge in [-0.2, -0.15) is 0 Å². The van der Waals surface area contributed by atoms with Crippen molar-refractivity contribution in [3.8, 4) is 0 Å². The smallest absolute Gasteiger partial charge is 0.0108 e. The maximum Gasteiger partial charge on any atom is 0.0108 e. The summed E-state index contributed by atoms with van der Waals surface area (Å²) in [5.41, 5.74) is 9.23. The first-order valence-electron chi connectivity index (χ1n) is 7.48. The maximum atomic E-state index is 6.39. The lowest BCUT2D eigenvalue weighted by molar-refractivity contribution is 0.392. The van der Waals surface area contributed by atoms with Crippen molar-refractivity contribution in [1.82, 2.24) is 0 Å². The average Bonchev–Trinajstić information content (AvgIpc) is 2.96. The van der Waals surface area contributed by atoms with Gasteiger partial charge in [0.05, 0.1) is 0 Å². The fraction of sp³-hybridized carbons (Fsp3) is 0.647. The van der Waals surface area contributed by atoms with Crippen LogP contribution in [-0.2, 0) is 6.42 Å². The van der Waals surface area contributed by atoms with Crippen molar-refractivity contribution in [3.05, 3.63) is 35.4 Å². The molecule has 2 aliphatic carbocycles. The molecule has 2 saturated carbocycles. The number of fused-ring (bicyclic) bond motifs is 1. The summed E-state index contributed by atoms with van der Waals surface area (Å²) < 4.78 is 0. The molecular formula is C17H25N. The molecular weight excluding hydrogens is 218 g/mol. The van der Waals surface area contributed by atoms with Crippen molar-refractivity contribution in [3.63, 3.8) is 0 Å². The Kier molecular flexibility index (Phi) is 3.19. The third kappa shape index (κ3) is 2.47. The Morgan fingerprint density at radius 3 is 2.22 bits per heavy atom. The van der Waals surface area contributed by atoms with Gasteiger partial charge >= 0.3 is 0 Å². The molecule has 0 heterocycles. The highest BCUT2D eigenvalue weighted by atomic mass is 14.7. The van der Waals surface area contributed by atoms with Gasteiger partial charge in [-0.05, 0) is 60.5 Å². The minimum absolute atomic E-state index is 0.377. The van der Waals surface area contributed by atoms with E-state index in [4.69, 9.17) is 5.73 Å². The van der Waals surface area contributed by atoms with Crippen LogP contribution in [0.5, 0.6) is 0 Å². The second-order valence-corrected chi connectivity index (χ2v) is 6.75. The van der Waals surface area contributed by atoms with E-state index in [0.717, 1.165) is 24.2 Å². The number of hydrogen-bond donors (Lipinski definition) is 1. The highest BCUT2D eigenvalue weighted by molar-refractivity contribution is 5.25. The van der Waals surface area contributed by atoms with Gasteiger partial charge in [-0.25, -0.2) is 0 Å². The molecule has 2 fully saturated rings. The lowest BCUT2D eigenvalue weighted by atomic mass is 9.90. The van der Waals surface area contributed by atoms with Crippen molar-refractivity contribution in [2.24, 2.45) is 23.5 Å². The van der Waals surface area contributed by atoms with Gasteiger partial charge in [0.25, 0.3) is 0 Å². The van der Waals surface area contributed by atoms with E-state index in [9.17, 15) is 0 Å². The van der Waals surface area contributed by atoms with Gasteiger partial charge in [0.1, 0.15) is 0 Å². The molecule has 1 nitrogen and oxygen atoms in total. The molecule has 1 aromatic rings. The fourth-order valence-electron chi connectivity index (χ4n) is 3.59. The van der Waals surface area contributed by atoms with E-state index in [1.165, 1.54) is 30.4 Å². The van der Waals surface area contributed by atoms with E-state index in [0.29, 0.717) is 12.0 Å². The molecule has 0 radical (unpaired) electrons. The van der Waals surface area contributed by atoms with E-state index in [1.807, 2.05) is 0 Å². The highest BCUT2D eigenvalue weighted by Gasteiger charge is 2.47. The zero-order valence-corrected chi connectivity index (χ0v) is 11.6. The third-order valence-electron chi connectivity index (χ3n) is 5.00. The van der Waals surface area contributed by atoms with Gasteiger partial charge in [0, 0.05) is 6.04 Å². The Bertz CT molecular complexity index is 396. The second-order valence-electron chi connectivity index (χ2n) is 6.75. The Balaban J connectivity index is 1.58. The number of benzene rings is 1. The molecule has 1 aromatic carbocycles. The second kappa shape index (κ2) is 4.70. The van der Waals surface area contributed by atoms with Crippen LogP contribution in [0.4, 0.5) is 0 Å². The van der Waals surface area contributed by atoms with Crippen molar-refractivity contribution in [2.75, 3.05) is 0 Å². The van der Waals surface area contributed by atoms with Crippen molar-refractivity contribution in [2.45, 2.75) is 51.5 Å². The molecule has 0 aliphatic heterocycles. The first-order valence-corrected chi connectivity index (χ1v) is 7.48. The minimum Gasteiger partial charge on any atom is -0.327 e. The van der Waals surface area contributed by atoms with E-state index >= 15 is 0 Å². The zero-order chi connectivity index (χ0) is 12.7. The topological polar surface area (TPSA) is 26.0 Å². The summed E-state index contributed by atoms with van der Waals surface area (Å²) in [7, 11) is 0. The number of nitrogens with two attached hydrogens (primary N) is 1. The molecule has 3 unspecified atom stereocenters. The Labute approximate surface area is 111 Å². The van der Waals surface area contributed by atoms with Crippen molar-refractivity contribution < 1.29 is 0 Å². The standard InChI is InChI=1S/C17H25N/c1-11(2)13-5-3-12(4-6-13)7-17(18)16-9-14-8-15(14)10-16/h3-6,11,14-17H,7-10,18H2,1-2H3. The molecule has 2 aliphatic rings. The zero-order valence-electron chi connectivity index (χ0n) is 11.6. The first kappa shape index (κ1) is 12.2. The normalized spacial score (nSPS) is 31.4. The summed E-state index contributed by atoms with van der Waals surface area (Å²) >= 11 is 0. The minimum atomic E-state index is 0.377. The van der Waals surface area contributed by atoms with Crippen LogP contribution in [0.15, 0.2) is 24.3 Å². The number of hydrogen-bond acceptors (Lipinski definition) is 1. The lowest BCUT2D eigenvalue weighted by Crippen LogP contribution is -2.31. The van der Waals surface area contributed by atoms with E-state index in [1.54, 1.807) is 0 Å². The van der Waals surface area contributed by atoms with Crippen LogP contribution in [-0.4, -0.2) is 6.04 Å². The molecule has 1 heteroatoms. The van der Waals surface area contributed by atoms with Gasteiger partial charge in [-0.1, -0.05) is 38.1 Å². The van der Waals surface area contributed by atoms with E-state index < -0.39 is 0 Å². The molecule has 0 saturated heterocycles. The molecule has 3 atom stereocenters. The Hall–Kier alpha value is -0.820. The summed E-state index contributed by atoms with van der Waals surface area (Å²) in [6.07, 6.45) is 5.35. The molecule has 98 valence electrons. The van der Waals surface area contributed by atoms with Gasteiger partial charge in [-0.3, -0.25) is 0 Å². The Morgan fingerprint density at radius 2 is 1.67 bits per heavy atom. The van der Waals surface area contributed by atoms with Gasteiger partial charge in [0.15, 0.2) is 0 Å². The highest BCUT2D eigenvalue weighted by Crippen LogP contribution is 2.55. The maximum absolute atomic E-state index is 6.39. The molecule has 18 heavy (non-hydrogen) atoms. The van der Waals surface area contributed by atoms with Gasteiger partial charge < -0.3 is 5.73 Å². The number of rotatable bonds is 4. The van der Waals surface area contributed by atoms with Crippen LogP contribution in [0.25, 0.3) is 0 Å². The molecule has 3 rings (SSSR count). The van der Waals surface area contributed by atoms with Crippen molar-refractivity contribution in [1.29, 1.82) is 0 Å². The summed E-state index contributed by atoms with van der Waals surface area (Å²) in [6.45, 7) is 4.48. The summed E-state index contributed by atoms with van der Waals surface area (Å²) in [6, 6.07) is 9.44. The Morgan fingerprint density at radius 1 is 1.06 bits per heavy atom. The SMILES string of the molecule is CC(C)c1ccc(CC(N)C2CC3CC3C2)cc1. The monoisotopic (exact) mass is 243 g/mol. The van der Waals surface area contributed by atoms with Gasteiger partial charge in [0.2, 0.25) is 0 Å². The van der Waals surface area contributed by atoms with Gasteiger partial charge in [-0.15, -0.1) is 0 Å². The first-order chi connectivity index (χ1) is 8.63. The van der Waals surface area contributed by atoms with E-state index in [2.05, 4.69) is 38.1 Å². The third-order valence-corrected chi connectivity index (χ3v) is 5.00. The summed E-state index contributed by atoms with van der Waals surface area (Å²) in [4.78, 5) is 0. The largest absolute Gasteiger partial charge is 0.327 e. The fourth-order valence-corrected chi connectivity index (χ4v) is 3.59. The summed E-state index contributed by atoms with van der Waals surface area (Å²) in [5.74, 6) is 3.50. The summed E-state index contributed by atoms with van der Waals surface area (Å²) in [5, 5.41) is 0. The van der Waals surface area contributed by atoms with Crippen LogP contribution in [0, 0.1) is 17.8 Å². The average molecular weight is 243 g/mol. The molecule has 0 aromatic heterocycles. The van der Waals surface area contributed by atoms with Crippen LogP contribution >= 0.6 is 0 Å². The van der Waals surface area contributed by atoms with Crippen LogP contribution in [0.1, 0.15) is 50.2 Å². The van der Waals surface area contributed by atoms with E-state index in [-0.39, 0.29) is 0 Å². The molecule has 0 spiro atoms. The quantitative estimate of drug-likeness (QED) is 0.857. The molecule has 2 N–H and O–H groups in total. The lowest BCUT2D eigenvalue weighted by Gasteiger charge is -2.20. The van der Waals surface area contributed by atoms with Crippen LogP contribution in [0.3, 0.4) is 0 Å².